The van der Waals surface area contributed by atoms with E-state index in [2.05, 4.69) is 20.9 Å². The van der Waals surface area contributed by atoms with Gasteiger partial charge in [0, 0.05) is 12.7 Å². The first-order valence-electron chi connectivity index (χ1n) is 5.29. The van der Waals surface area contributed by atoms with Gasteiger partial charge in [0.2, 0.25) is 0 Å². The zero-order chi connectivity index (χ0) is 12.3. The van der Waals surface area contributed by atoms with E-state index in [1.807, 2.05) is 17.7 Å². The van der Waals surface area contributed by atoms with Gasteiger partial charge in [-0.2, -0.15) is 0 Å². The van der Waals surface area contributed by atoms with Gasteiger partial charge in [0.15, 0.2) is 11.6 Å². The van der Waals surface area contributed by atoms with Crippen LogP contribution in [0.5, 0.6) is 5.75 Å². The van der Waals surface area contributed by atoms with E-state index in [1.165, 1.54) is 6.07 Å². The van der Waals surface area contributed by atoms with Crippen LogP contribution in [0.15, 0.2) is 35.1 Å². The van der Waals surface area contributed by atoms with Gasteiger partial charge in [-0.3, -0.25) is 0 Å². The van der Waals surface area contributed by atoms with Crippen molar-refractivity contribution in [2.75, 3.05) is 0 Å². The van der Waals surface area contributed by atoms with Crippen molar-refractivity contribution in [3.05, 3.63) is 46.7 Å². The first kappa shape index (κ1) is 12.1. The number of aromatic nitrogens is 2. The van der Waals surface area contributed by atoms with Gasteiger partial charge in [0.1, 0.15) is 17.0 Å². The predicted octanol–water partition coefficient (Wildman–Crippen LogP) is 3.38. The summed E-state index contributed by atoms with van der Waals surface area (Å²) in [6.45, 7) is 3.07. The van der Waals surface area contributed by atoms with Crippen molar-refractivity contribution < 1.29 is 9.13 Å². The number of hydrogen-bond acceptors (Lipinski definition) is 2. The highest BCUT2D eigenvalue weighted by Crippen LogP contribution is 2.18. The van der Waals surface area contributed by atoms with Gasteiger partial charge in [0.05, 0.1) is 0 Å². The summed E-state index contributed by atoms with van der Waals surface area (Å²) in [5, 5.41) is 0. The van der Waals surface area contributed by atoms with E-state index in [0.717, 1.165) is 17.0 Å². The Bertz CT molecular complexity index is 513. The minimum absolute atomic E-state index is 0.245. The molecule has 3 nitrogen and oxygen atoms in total. The minimum Gasteiger partial charge on any atom is -0.483 e. The van der Waals surface area contributed by atoms with E-state index in [0.29, 0.717) is 0 Å². The maximum Gasteiger partial charge on any atom is 0.165 e. The van der Waals surface area contributed by atoms with Crippen molar-refractivity contribution in [2.24, 2.45) is 0 Å². The molecular weight excluding hydrogens is 287 g/mol. The molecule has 17 heavy (non-hydrogen) atoms. The average molecular weight is 299 g/mol. The summed E-state index contributed by atoms with van der Waals surface area (Å²) in [4.78, 5) is 4.26. The molecule has 1 aromatic carbocycles. The molecular formula is C12H12BrFN2O. The summed E-state index contributed by atoms with van der Waals surface area (Å²) in [6.07, 6.45) is 1.88. The molecule has 1 aromatic heterocycles. The quantitative estimate of drug-likeness (QED) is 0.865. The first-order chi connectivity index (χ1) is 8.20. The maximum atomic E-state index is 13.3. The molecule has 90 valence electrons. The Labute approximate surface area is 107 Å². The van der Waals surface area contributed by atoms with Crippen molar-refractivity contribution in [2.45, 2.75) is 20.1 Å². The Morgan fingerprint density at radius 2 is 2.18 bits per heavy atom. The average Bonchev–Trinajstić information content (AvgIpc) is 2.69. The molecule has 5 heteroatoms. The molecule has 0 spiro atoms. The number of aryl methyl sites for hydroxylation is 1. The highest BCUT2D eigenvalue weighted by Gasteiger charge is 2.07. The minimum atomic E-state index is -0.360. The topological polar surface area (TPSA) is 27.1 Å². The van der Waals surface area contributed by atoms with Crippen LogP contribution in [0.2, 0.25) is 0 Å². The Morgan fingerprint density at radius 1 is 1.41 bits per heavy atom. The Kier molecular flexibility index (Phi) is 3.78. The molecule has 0 saturated carbocycles. The van der Waals surface area contributed by atoms with Crippen LogP contribution in [-0.2, 0) is 13.2 Å². The van der Waals surface area contributed by atoms with Crippen molar-refractivity contribution in [1.82, 2.24) is 9.55 Å². The van der Waals surface area contributed by atoms with Crippen molar-refractivity contribution in [3.63, 3.8) is 0 Å². The summed E-state index contributed by atoms with van der Waals surface area (Å²) in [5.41, 5.74) is 0. The second-order valence-corrected chi connectivity index (χ2v) is 4.30. The van der Waals surface area contributed by atoms with Crippen molar-refractivity contribution >= 4 is 15.9 Å². The number of nitrogens with zero attached hydrogens (tertiary/aromatic N) is 2. The third-order valence-corrected chi connectivity index (χ3v) is 2.75. The largest absolute Gasteiger partial charge is 0.483 e. The third kappa shape index (κ3) is 2.85. The standard InChI is InChI=1S/C12H12BrFN2O/c1-2-16-7-11(13)15-12(16)8-17-10-6-4-3-5-9(10)14/h3-7H,2,8H2,1H3. The summed E-state index contributed by atoms with van der Waals surface area (Å²) < 4.78 is 21.4. The highest BCUT2D eigenvalue weighted by molar-refractivity contribution is 9.10. The van der Waals surface area contributed by atoms with Crippen LogP contribution < -0.4 is 4.74 Å². The lowest BCUT2D eigenvalue weighted by atomic mass is 10.3. The van der Waals surface area contributed by atoms with Crippen molar-refractivity contribution in [1.29, 1.82) is 0 Å². The van der Waals surface area contributed by atoms with Gasteiger partial charge < -0.3 is 9.30 Å². The number of ether oxygens (including phenoxy) is 1. The second kappa shape index (κ2) is 5.31. The smallest absolute Gasteiger partial charge is 0.165 e. The zero-order valence-electron chi connectivity index (χ0n) is 9.36. The summed E-state index contributed by atoms with van der Waals surface area (Å²) in [5.74, 6) is 0.651. The monoisotopic (exact) mass is 298 g/mol. The van der Waals surface area contributed by atoms with E-state index in [4.69, 9.17) is 4.74 Å². The third-order valence-electron chi connectivity index (χ3n) is 2.36. The number of hydrogen-bond donors (Lipinski definition) is 0. The van der Waals surface area contributed by atoms with E-state index in [9.17, 15) is 4.39 Å². The van der Waals surface area contributed by atoms with Crippen LogP contribution >= 0.6 is 15.9 Å². The molecule has 0 aliphatic rings. The van der Waals surface area contributed by atoms with Crippen LogP contribution in [-0.4, -0.2) is 9.55 Å². The van der Waals surface area contributed by atoms with E-state index in [-0.39, 0.29) is 18.2 Å². The lowest BCUT2D eigenvalue weighted by Crippen LogP contribution is -2.05. The lowest BCUT2D eigenvalue weighted by Gasteiger charge is -2.07. The van der Waals surface area contributed by atoms with Gasteiger partial charge in [0.25, 0.3) is 0 Å². The molecule has 0 radical (unpaired) electrons. The molecule has 0 aliphatic carbocycles. The molecule has 0 fully saturated rings. The fourth-order valence-electron chi connectivity index (χ4n) is 1.51. The predicted molar refractivity (Wildman–Crippen MR) is 66.3 cm³/mol. The molecule has 2 rings (SSSR count). The Morgan fingerprint density at radius 3 is 2.88 bits per heavy atom. The number of rotatable bonds is 4. The molecule has 0 saturated heterocycles. The first-order valence-corrected chi connectivity index (χ1v) is 6.09. The SMILES string of the molecule is CCn1cc(Br)nc1COc1ccccc1F. The zero-order valence-corrected chi connectivity index (χ0v) is 10.9. The Hall–Kier alpha value is -1.36. The Balaban J connectivity index is 2.09. The second-order valence-electron chi connectivity index (χ2n) is 3.48. The molecule has 0 aliphatic heterocycles. The van der Waals surface area contributed by atoms with Crippen LogP contribution in [0.4, 0.5) is 4.39 Å². The van der Waals surface area contributed by atoms with Crippen LogP contribution in [0.3, 0.4) is 0 Å². The van der Waals surface area contributed by atoms with E-state index < -0.39 is 0 Å². The van der Waals surface area contributed by atoms with Gasteiger partial charge in [-0.05, 0) is 35.0 Å². The fraction of sp³-hybridized carbons (Fsp3) is 0.250. The lowest BCUT2D eigenvalue weighted by molar-refractivity contribution is 0.276. The molecule has 0 amide bonds. The summed E-state index contributed by atoms with van der Waals surface area (Å²) in [6, 6.07) is 6.34. The molecule has 0 unspecified atom stereocenters. The number of para-hydroxylation sites is 1. The number of benzene rings is 1. The van der Waals surface area contributed by atoms with Crippen molar-refractivity contribution in [3.8, 4) is 5.75 Å². The molecule has 0 bridgehead atoms. The maximum absolute atomic E-state index is 13.3. The van der Waals surface area contributed by atoms with Gasteiger partial charge >= 0.3 is 0 Å². The summed E-state index contributed by atoms with van der Waals surface area (Å²) >= 11 is 3.30. The van der Waals surface area contributed by atoms with Gasteiger partial charge in [-0.25, -0.2) is 9.37 Å². The van der Waals surface area contributed by atoms with Gasteiger partial charge in [-0.15, -0.1) is 0 Å². The number of imidazole rings is 1. The van der Waals surface area contributed by atoms with Crippen LogP contribution in [0.25, 0.3) is 0 Å². The summed E-state index contributed by atoms with van der Waals surface area (Å²) in [7, 11) is 0. The molecule has 0 N–H and O–H groups in total. The normalized spacial score (nSPS) is 10.5. The molecule has 2 aromatic rings. The molecule has 0 atom stereocenters. The fourth-order valence-corrected chi connectivity index (χ4v) is 1.96. The van der Waals surface area contributed by atoms with E-state index >= 15 is 0 Å². The van der Waals surface area contributed by atoms with Gasteiger partial charge in [-0.1, -0.05) is 12.1 Å². The molecule has 1 heterocycles. The van der Waals surface area contributed by atoms with Crippen LogP contribution in [0, 0.1) is 5.82 Å². The highest BCUT2D eigenvalue weighted by atomic mass is 79.9. The van der Waals surface area contributed by atoms with Crippen LogP contribution in [0.1, 0.15) is 12.7 Å². The number of halogens is 2. The van der Waals surface area contributed by atoms with E-state index in [1.54, 1.807) is 18.2 Å².